The minimum atomic E-state index is -4.30. The summed E-state index contributed by atoms with van der Waals surface area (Å²) in [4.78, 5) is 4.34. The molecule has 0 atom stereocenters. The maximum Gasteiger partial charge on any atom is 0.411 e. The van der Waals surface area contributed by atoms with Crippen molar-refractivity contribution in [3.63, 3.8) is 0 Å². The van der Waals surface area contributed by atoms with E-state index in [9.17, 15) is 13.2 Å². The van der Waals surface area contributed by atoms with Gasteiger partial charge in [0.25, 0.3) is 0 Å². The molecule has 0 aliphatic rings. The van der Waals surface area contributed by atoms with Crippen molar-refractivity contribution in [2.45, 2.75) is 26.6 Å². The van der Waals surface area contributed by atoms with Crippen molar-refractivity contribution >= 4 is 0 Å². The Labute approximate surface area is 116 Å². The molecule has 0 unspecified atom stereocenters. The standard InChI is InChI=1S/C13H19F3N2O2/c1-3-17-8-11-12(5-4-10(2)18-11)20-7-6-19-9-13(14,15)16/h4-5,17H,3,6-9H2,1-2H3. The van der Waals surface area contributed by atoms with E-state index in [4.69, 9.17) is 4.74 Å². The molecule has 0 aliphatic carbocycles. The van der Waals surface area contributed by atoms with Gasteiger partial charge in [-0.2, -0.15) is 13.2 Å². The molecular weight excluding hydrogens is 273 g/mol. The van der Waals surface area contributed by atoms with Crippen LogP contribution in [0.25, 0.3) is 0 Å². The van der Waals surface area contributed by atoms with E-state index >= 15 is 0 Å². The van der Waals surface area contributed by atoms with Crippen molar-refractivity contribution in [2.75, 3.05) is 26.4 Å². The molecule has 0 fully saturated rings. The summed E-state index contributed by atoms with van der Waals surface area (Å²) >= 11 is 0. The van der Waals surface area contributed by atoms with Crippen LogP contribution in [0.4, 0.5) is 13.2 Å². The van der Waals surface area contributed by atoms with Crippen LogP contribution in [0.15, 0.2) is 12.1 Å². The zero-order chi connectivity index (χ0) is 15.0. The van der Waals surface area contributed by atoms with E-state index in [0.29, 0.717) is 12.3 Å². The van der Waals surface area contributed by atoms with Crippen LogP contribution in [0.2, 0.25) is 0 Å². The van der Waals surface area contributed by atoms with Crippen LogP contribution in [0.1, 0.15) is 18.3 Å². The fourth-order valence-corrected chi connectivity index (χ4v) is 1.50. The van der Waals surface area contributed by atoms with Gasteiger partial charge in [-0.05, 0) is 25.6 Å². The van der Waals surface area contributed by atoms with Crippen LogP contribution >= 0.6 is 0 Å². The number of pyridine rings is 1. The highest BCUT2D eigenvalue weighted by Gasteiger charge is 2.27. The zero-order valence-electron chi connectivity index (χ0n) is 11.6. The Morgan fingerprint density at radius 3 is 2.65 bits per heavy atom. The van der Waals surface area contributed by atoms with Gasteiger partial charge in [-0.25, -0.2) is 0 Å². The van der Waals surface area contributed by atoms with Crippen molar-refractivity contribution in [3.05, 3.63) is 23.5 Å². The van der Waals surface area contributed by atoms with Gasteiger partial charge in [0.2, 0.25) is 0 Å². The SMILES string of the molecule is CCNCc1nc(C)ccc1OCCOCC(F)(F)F. The predicted molar refractivity (Wildman–Crippen MR) is 68.7 cm³/mol. The lowest BCUT2D eigenvalue weighted by Gasteiger charge is -2.12. The molecule has 0 saturated carbocycles. The molecule has 0 aromatic carbocycles. The van der Waals surface area contributed by atoms with Gasteiger partial charge in [0.15, 0.2) is 0 Å². The first-order valence-electron chi connectivity index (χ1n) is 6.37. The Bertz CT molecular complexity index is 411. The first kappa shape index (κ1) is 16.7. The van der Waals surface area contributed by atoms with Crippen LogP contribution in [0, 0.1) is 6.92 Å². The van der Waals surface area contributed by atoms with Gasteiger partial charge in [-0.3, -0.25) is 4.98 Å². The molecule has 114 valence electrons. The molecule has 0 spiro atoms. The maximum absolute atomic E-state index is 11.9. The molecule has 1 N–H and O–H groups in total. The monoisotopic (exact) mass is 292 g/mol. The van der Waals surface area contributed by atoms with Crippen LogP contribution in [-0.2, 0) is 11.3 Å². The Morgan fingerprint density at radius 1 is 1.25 bits per heavy atom. The fourth-order valence-electron chi connectivity index (χ4n) is 1.50. The van der Waals surface area contributed by atoms with E-state index in [0.717, 1.165) is 17.9 Å². The fraction of sp³-hybridized carbons (Fsp3) is 0.615. The summed E-state index contributed by atoms with van der Waals surface area (Å²) in [6, 6.07) is 3.56. The van der Waals surface area contributed by atoms with Crippen LogP contribution in [0.5, 0.6) is 5.75 Å². The lowest BCUT2D eigenvalue weighted by Crippen LogP contribution is -2.20. The summed E-state index contributed by atoms with van der Waals surface area (Å²) < 4.78 is 45.5. The average Bonchev–Trinajstić information content (AvgIpc) is 2.36. The van der Waals surface area contributed by atoms with E-state index in [-0.39, 0.29) is 13.2 Å². The van der Waals surface area contributed by atoms with E-state index in [1.54, 1.807) is 12.1 Å². The van der Waals surface area contributed by atoms with Crippen molar-refractivity contribution in [2.24, 2.45) is 0 Å². The maximum atomic E-state index is 11.9. The number of rotatable bonds is 8. The van der Waals surface area contributed by atoms with Crippen LogP contribution in [0.3, 0.4) is 0 Å². The molecule has 0 bridgehead atoms. The highest BCUT2D eigenvalue weighted by molar-refractivity contribution is 5.29. The lowest BCUT2D eigenvalue weighted by atomic mass is 10.3. The molecule has 1 heterocycles. The number of hydrogen-bond donors (Lipinski definition) is 1. The smallest absolute Gasteiger partial charge is 0.411 e. The zero-order valence-corrected chi connectivity index (χ0v) is 11.6. The van der Waals surface area contributed by atoms with Gasteiger partial charge in [-0.15, -0.1) is 0 Å². The van der Waals surface area contributed by atoms with Crippen molar-refractivity contribution in [3.8, 4) is 5.75 Å². The highest BCUT2D eigenvalue weighted by atomic mass is 19.4. The van der Waals surface area contributed by atoms with Gasteiger partial charge in [-0.1, -0.05) is 6.92 Å². The van der Waals surface area contributed by atoms with E-state index in [1.165, 1.54) is 0 Å². The molecular formula is C13H19F3N2O2. The summed E-state index contributed by atoms with van der Waals surface area (Å²) in [5.41, 5.74) is 1.60. The van der Waals surface area contributed by atoms with E-state index in [2.05, 4.69) is 15.0 Å². The summed E-state index contributed by atoms with van der Waals surface area (Å²) in [7, 11) is 0. The second-order valence-corrected chi connectivity index (χ2v) is 4.19. The summed E-state index contributed by atoms with van der Waals surface area (Å²) in [6.07, 6.45) is -4.30. The van der Waals surface area contributed by atoms with Crippen molar-refractivity contribution in [1.82, 2.24) is 10.3 Å². The Balaban J connectivity index is 2.42. The van der Waals surface area contributed by atoms with Crippen LogP contribution in [-0.4, -0.2) is 37.5 Å². The predicted octanol–water partition coefficient (Wildman–Crippen LogP) is 2.46. The van der Waals surface area contributed by atoms with E-state index < -0.39 is 12.8 Å². The molecule has 4 nitrogen and oxygen atoms in total. The number of nitrogens with zero attached hydrogens (tertiary/aromatic N) is 1. The topological polar surface area (TPSA) is 43.4 Å². The number of ether oxygens (including phenoxy) is 2. The molecule has 0 radical (unpaired) electrons. The van der Waals surface area contributed by atoms with E-state index in [1.807, 2.05) is 13.8 Å². The minimum Gasteiger partial charge on any atom is -0.489 e. The number of aromatic nitrogens is 1. The number of alkyl halides is 3. The first-order chi connectivity index (χ1) is 9.42. The molecule has 1 rings (SSSR count). The molecule has 20 heavy (non-hydrogen) atoms. The Hall–Kier alpha value is -1.34. The molecule has 1 aromatic heterocycles. The van der Waals surface area contributed by atoms with Crippen molar-refractivity contribution in [1.29, 1.82) is 0 Å². The highest BCUT2D eigenvalue weighted by Crippen LogP contribution is 2.17. The second-order valence-electron chi connectivity index (χ2n) is 4.19. The summed E-state index contributed by atoms with van der Waals surface area (Å²) in [6.45, 7) is 3.87. The number of nitrogens with one attached hydrogen (secondary N) is 1. The third-order valence-electron chi connectivity index (χ3n) is 2.37. The van der Waals surface area contributed by atoms with Crippen LogP contribution < -0.4 is 10.1 Å². The van der Waals surface area contributed by atoms with Gasteiger partial charge in [0, 0.05) is 12.2 Å². The van der Waals surface area contributed by atoms with Gasteiger partial charge < -0.3 is 14.8 Å². The summed E-state index contributed by atoms with van der Waals surface area (Å²) in [5, 5.41) is 3.13. The molecule has 0 aliphatic heterocycles. The molecule has 0 amide bonds. The van der Waals surface area contributed by atoms with Gasteiger partial charge in [0.05, 0.1) is 12.3 Å². The van der Waals surface area contributed by atoms with Gasteiger partial charge >= 0.3 is 6.18 Å². The molecule has 1 aromatic rings. The average molecular weight is 292 g/mol. The third-order valence-corrected chi connectivity index (χ3v) is 2.37. The molecule has 0 saturated heterocycles. The first-order valence-corrected chi connectivity index (χ1v) is 6.37. The Morgan fingerprint density at radius 2 is 2.00 bits per heavy atom. The largest absolute Gasteiger partial charge is 0.489 e. The normalized spacial score (nSPS) is 11.7. The second kappa shape index (κ2) is 8.06. The minimum absolute atomic E-state index is 0.0555. The van der Waals surface area contributed by atoms with Crippen molar-refractivity contribution < 1.29 is 22.6 Å². The third kappa shape index (κ3) is 6.72. The summed E-state index contributed by atoms with van der Waals surface area (Å²) in [5.74, 6) is 0.562. The van der Waals surface area contributed by atoms with Gasteiger partial charge in [0.1, 0.15) is 19.0 Å². The molecule has 7 heteroatoms. The lowest BCUT2D eigenvalue weighted by molar-refractivity contribution is -0.175. The number of hydrogen-bond acceptors (Lipinski definition) is 4. The number of halogens is 3. The number of aryl methyl sites for hydroxylation is 1. The Kier molecular flexibility index (Phi) is 6.74. The quantitative estimate of drug-likeness (QED) is 0.748.